The molecule has 6 heteroatoms. The summed E-state index contributed by atoms with van der Waals surface area (Å²) >= 11 is 0. The third-order valence-corrected chi connectivity index (χ3v) is 6.51. The summed E-state index contributed by atoms with van der Waals surface area (Å²) in [6, 6.07) is 10.3. The number of carbonyl (C=O) groups excluding carboxylic acids is 1. The molecule has 148 valence electrons. The molecule has 3 aliphatic rings. The van der Waals surface area contributed by atoms with Crippen LogP contribution in [0.1, 0.15) is 36.9 Å². The molecule has 4 heterocycles. The standard InChI is InChI=1S/C22H28N4O2/c27-20-7-4-11-25(20)15-14-24-12-9-22(10-13-24)21-18(8-16-28-22)17-26(23-21)19-5-2-1-3-6-19/h1-3,5-6,17H,4,7-16H2. The van der Waals surface area contributed by atoms with Gasteiger partial charge in [-0.1, -0.05) is 18.2 Å². The predicted octanol–water partition coefficient (Wildman–Crippen LogP) is 2.36. The Morgan fingerprint density at radius 3 is 2.61 bits per heavy atom. The zero-order valence-electron chi connectivity index (χ0n) is 16.3. The fourth-order valence-corrected chi connectivity index (χ4v) is 4.84. The van der Waals surface area contributed by atoms with E-state index in [1.54, 1.807) is 0 Å². The van der Waals surface area contributed by atoms with Gasteiger partial charge in [0.05, 0.1) is 18.0 Å². The van der Waals surface area contributed by atoms with E-state index in [1.807, 2.05) is 27.8 Å². The first kappa shape index (κ1) is 17.9. The Morgan fingerprint density at radius 1 is 1.04 bits per heavy atom. The van der Waals surface area contributed by atoms with E-state index in [0.29, 0.717) is 5.91 Å². The fourth-order valence-electron chi connectivity index (χ4n) is 4.84. The average Bonchev–Trinajstić information content (AvgIpc) is 3.35. The van der Waals surface area contributed by atoms with Gasteiger partial charge in [0.15, 0.2) is 0 Å². The van der Waals surface area contributed by atoms with E-state index in [2.05, 4.69) is 23.2 Å². The van der Waals surface area contributed by atoms with Crippen molar-refractivity contribution in [1.29, 1.82) is 0 Å². The van der Waals surface area contributed by atoms with E-state index in [4.69, 9.17) is 9.84 Å². The second-order valence-corrected chi connectivity index (χ2v) is 8.20. The van der Waals surface area contributed by atoms with Crippen molar-refractivity contribution in [3.63, 3.8) is 0 Å². The number of carbonyl (C=O) groups is 1. The number of para-hydroxylation sites is 1. The zero-order valence-corrected chi connectivity index (χ0v) is 16.3. The Labute approximate surface area is 166 Å². The average molecular weight is 380 g/mol. The van der Waals surface area contributed by atoms with Gasteiger partial charge in [0.25, 0.3) is 0 Å². The van der Waals surface area contributed by atoms with Crippen LogP contribution in [0.3, 0.4) is 0 Å². The molecule has 5 rings (SSSR count). The van der Waals surface area contributed by atoms with Crippen molar-refractivity contribution < 1.29 is 9.53 Å². The molecule has 2 saturated heterocycles. The number of hydrogen-bond acceptors (Lipinski definition) is 4. The van der Waals surface area contributed by atoms with Crippen LogP contribution in [0, 0.1) is 0 Å². The number of aromatic nitrogens is 2. The lowest BCUT2D eigenvalue weighted by Crippen LogP contribution is -2.48. The molecule has 28 heavy (non-hydrogen) atoms. The van der Waals surface area contributed by atoms with Crippen LogP contribution >= 0.6 is 0 Å². The summed E-state index contributed by atoms with van der Waals surface area (Å²) in [6.45, 7) is 5.53. The van der Waals surface area contributed by atoms with Gasteiger partial charge in [0, 0.05) is 45.3 Å². The zero-order chi connectivity index (χ0) is 19.0. The largest absolute Gasteiger partial charge is 0.368 e. The lowest BCUT2D eigenvalue weighted by molar-refractivity contribution is -0.128. The summed E-state index contributed by atoms with van der Waals surface area (Å²) in [7, 11) is 0. The Balaban J connectivity index is 1.27. The minimum Gasteiger partial charge on any atom is -0.368 e. The fraction of sp³-hybridized carbons (Fsp3) is 0.545. The number of hydrogen-bond donors (Lipinski definition) is 0. The summed E-state index contributed by atoms with van der Waals surface area (Å²) in [5, 5.41) is 4.96. The van der Waals surface area contributed by atoms with Crippen molar-refractivity contribution >= 4 is 5.91 Å². The maximum Gasteiger partial charge on any atom is 0.222 e. The molecule has 0 unspecified atom stereocenters. The van der Waals surface area contributed by atoms with E-state index in [9.17, 15) is 4.79 Å². The molecule has 0 radical (unpaired) electrons. The third kappa shape index (κ3) is 3.25. The van der Waals surface area contributed by atoms with E-state index in [1.165, 1.54) is 5.56 Å². The van der Waals surface area contributed by atoms with Gasteiger partial charge in [-0.3, -0.25) is 4.79 Å². The van der Waals surface area contributed by atoms with Crippen LogP contribution < -0.4 is 0 Å². The number of benzene rings is 1. The van der Waals surface area contributed by atoms with Gasteiger partial charge in [-0.25, -0.2) is 4.68 Å². The van der Waals surface area contributed by atoms with Gasteiger partial charge in [-0.2, -0.15) is 5.10 Å². The molecule has 6 nitrogen and oxygen atoms in total. The SMILES string of the molecule is O=C1CCCN1CCN1CCC2(CC1)OCCc1cn(-c3ccccc3)nc12. The predicted molar refractivity (Wildman–Crippen MR) is 106 cm³/mol. The minimum absolute atomic E-state index is 0.242. The molecule has 1 spiro atoms. The second kappa shape index (κ2) is 7.33. The summed E-state index contributed by atoms with van der Waals surface area (Å²) < 4.78 is 8.36. The molecule has 1 aromatic heterocycles. The van der Waals surface area contributed by atoms with Crippen LogP contribution in [-0.4, -0.2) is 64.8 Å². The highest BCUT2D eigenvalue weighted by atomic mass is 16.5. The number of ether oxygens (including phenoxy) is 1. The van der Waals surface area contributed by atoms with Crippen molar-refractivity contribution in [2.24, 2.45) is 0 Å². The summed E-state index contributed by atoms with van der Waals surface area (Å²) in [5.74, 6) is 0.320. The Kier molecular flexibility index (Phi) is 4.69. The monoisotopic (exact) mass is 380 g/mol. The third-order valence-electron chi connectivity index (χ3n) is 6.51. The highest BCUT2D eigenvalue weighted by molar-refractivity contribution is 5.78. The molecular formula is C22H28N4O2. The second-order valence-electron chi connectivity index (χ2n) is 8.20. The molecule has 2 aromatic rings. The summed E-state index contributed by atoms with van der Waals surface area (Å²) in [5.41, 5.74) is 3.32. The summed E-state index contributed by atoms with van der Waals surface area (Å²) in [6.07, 6.45) is 6.80. The first-order chi connectivity index (χ1) is 13.7. The minimum atomic E-state index is -0.242. The maximum absolute atomic E-state index is 11.8. The quantitative estimate of drug-likeness (QED) is 0.817. The van der Waals surface area contributed by atoms with Crippen LogP contribution in [-0.2, 0) is 21.6 Å². The van der Waals surface area contributed by atoms with Crippen molar-refractivity contribution in [1.82, 2.24) is 19.6 Å². The number of piperidine rings is 1. The van der Waals surface area contributed by atoms with Gasteiger partial charge in [-0.05, 0) is 43.4 Å². The number of rotatable bonds is 4. The topological polar surface area (TPSA) is 50.6 Å². The molecule has 0 atom stereocenters. The molecule has 1 aromatic carbocycles. The Bertz CT molecular complexity index is 839. The maximum atomic E-state index is 11.8. The van der Waals surface area contributed by atoms with Crippen LogP contribution in [0.5, 0.6) is 0 Å². The molecule has 0 aliphatic carbocycles. The molecule has 0 N–H and O–H groups in total. The van der Waals surface area contributed by atoms with Gasteiger partial charge in [0.2, 0.25) is 5.91 Å². The molecular weight excluding hydrogens is 352 g/mol. The first-order valence-corrected chi connectivity index (χ1v) is 10.5. The van der Waals surface area contributed by atoms with Crippen molar-refractivity contribution in [2.75, 3.05) is 39.3 Å². The lowest BCUT2D eigenvalue weighted by atomic mass is 9.84. The van der Waals surface area contributed by atoms with Crippen molar-refractivity contribution in [3.05, 3.63) is 47.8 Å². The van der Waals surface area contributed by atoms with Crippen LogP contribution in [0.25, 0.3) is 5.69 Å². The van der Waals surface area contributed by atoms with Gasteiger partial charge < -0.3 is 14.5 Å². The number of nitrogens with zero attached hydrogens (tertiary/aromatic N) is 4. The number of likely N-dealkylation sites (tertiary alicyclic amines) is 2. The smallest absolute Gasteiger partial charge is 0.222 e. The van der Waals surface area contributed by atoms with E-state index >= 15 is 0 Å². The number of fused-ring (bicyclic) bond motifs is 2. The highest BCUT2D eigenvalue weighted by Gasteiger charge is 2.43. The van der Waals surface area contributed by atoms with Crippen molar-refractivity contribution in [3.8, 4) is 5.69 Å². The van der Waals surface area contributed by atoms with E-state index in [-0.39, 0.29) is 5.60 Å². The lowest BCUT2D eigenvalue weighted by Gasteiger charge is -2.43. The van der Waals surface area contributed by atoms with Gasteiger partial charge >= 0.3 is 0 Å². The van der Waals surface area contributed by atoms with Crippen LogP contribution in [0.15, 0.2) is 36.5 Å². The Hall–Kier alpha value is -2.18. The molecule has 1 amide bonds. The first-order valence-electron chi connectivity index (χ1n) is 10.5. The van der Waals surface area contributed by atoms with Gasteiger partial charge in [-0.15, -0.1) is 0 Å². The van der Waals surface area contributed by atoms with E-state index in [0.717, 1.165) is 82.8 Å². The van der Waals surface area contributed by atoms with Crippen molar-refractivity contribution in [2.45, 2.75) is 37.7 Å². The molecule has 0 saturated carbocycles. The molecule has 2 fully saturated rings. The summed E-state index contributed by atoms with van der Waals surface area (Å²) in [4.78, 5) is 16.3. The number of amides is 1. The van der Waals surface area contributed by atoms with E-state index < -0.39 is 0 Å². The van der Waals surface area contributed by atoms with Crippen LogP contribution in [0.2, 0.25) is 0 Å². The van der Waals surface area contributed by atoms with Gasteiger partial charge in [0.1, 0.15) is 5.60 Å². The Morgan fingerprint density at radius 2 is 1.86 bits per heavy atom. The van der Waals surface area contributed by atoms with Crippen LogP contribution in [0.4, 0.5) is 0 Å². The normalized spacial score (nSPS) is 22.0. The highest BCUT2D eigenvalue weighted by Crippen LogP contribution is 2.40. The molecule has 3 aliphatic heterocycles. The molecule has 0 bridgehead atoms.